The second-order valence-corrected chi connectivity index (χ2v) is 6.12. The third-order valence-electron chi connectivity index (χ3n) is 3.45. The number of halogens is 1. The number of piperidine rings is 1. The van der Waals surface area contributed by atoms with Gasteiger partial charge < -0.3 is 15.0 Å². The molecule has 1 atom stereocenters. The van der Waals surface area contributed by atoms with Crippen LogP contribution in [-0.4, -0.2) is 48.9 Å². The molecule has 1 spiro atoms. The Kier molecular flexibility index (Phi) is 3.06. The topological polar surface area (TPSA) is 41.6 Å². The zero-order valence-electron chi connectivity index (χ0n) is 10.8. The molecule has 0 radical (unpaired) electrons. The molecule has 0 saturated carbocycles. The fourth-order valence-electron chi connectivity index (χ4n) is 2.46. The van der Waals surface area contributed by atoms with Crippen molar-refractivity contribution in [1.29, 1.82) is 0 Å². The average Bonchev–Trinajstić information content (AvgIpc) is 2.12. The summed E-state index contributed by atoms with van der Waals surface area (Å²) in [6, 6.07) is 0. The van der Waals surface area contributed by atoms with Crippen LogP contribution >= 0.6 is 0 Å². The van der Waals surface area contributed by atoms with Crippen molar-refractivity contribution in [3.05, 3.63) is 0 Å². The van der Waals surface area contributed by atoms with Crippen molar-refractivity contribution in [2.45, 2.75) is 39.0 Å². The first-order valence-corrected chi connectivity index (χ1v) is 6.15. The maximum absolute atomic E-state index is 13.8. The molecule has 0 aromatic rings. The first kappa shape index (κ1) is 12.6. The quantitative estimate of drug-likeness (QED) is 0.703. The van der Waals surface area contributed by atoms with E-state index >= 15 is 0 Å². The Bertz CT molecular complexity index is 308. The number of carbonyl (C=O) groups is 1. The van der Waals surface area contributed by atoms with Gasteiger partial charge in [0, 0.05) is 25.0 Å². The summed E-state index contributed by atoms with van der Waals surface area (Å²) in [6.45, 7) is 7.73. The van der Waals surface area contributed by atoms with Crippen LogP contribution in [0, 0.1) is 5.41 Å². The fraction of sp³-hybridized carbons (Fsp3) is 0.917. The first-order chi connectivity index (χ1) is 7.82. The summed E-state index contributed by atoms with van der Waals surface area (Å²) in [7, 11) is 0. The molecule has 1 amide bonds. The van der Waals surface area contributed by atoms with Crippen molar-refractivity contribution in [3.63, 3.8) is 0 Å². The minimum absolute atomic E-state index is 0.317. The SMILES string of the molecule is CC(C)(C)OC(=O)N1CC2(CCNCC2F)C1. The third kappa shape index (κ3) is 2.54. The molecule has 2 heterocycles. The molecule has 17 heavy (non-hydrogen) atoms. The van der Waals surface area contributed by atoms with Gasteiger partial charge in [-0.25, -0.2) is 9.18 Å². The normalized spacial score (nSPS) is 27.8. The van der Waals surface area contributed by atoms with Gasteiger partial charge in [-0.05, 0) is 33.7 Å². The first-order valence-electron chi connectivity index (χ1n) is 6.15. The second-order valence-electron chi connectivity index (χ2n) is 6.12. The number of hydrogen-bond acceptors (Lipinski definition) is 3. The van der Waals surface area contributed by atoms with E-state index in [0.29, 0.717) is 19.6 Å². The highest BCUT2D eigenvalue weighted by Gasteiger charge is 2.52. The Labute approximate surface area is 101 Å². The van der Waals surface area contributed by atoms with Gasteiger partial charge in [-0.1, -0.05) is 0 Å². The molecule has 2 aliphatic rings. The Morgan fingerprint density at radius 1 is 1.47 bits per heavy atom. The molecule has 1 unspecified atom stereocenters. The van der Waals surface area contributed by atoms with E-state index in [1.165, 1.54) is 0 Å². The number of carbonyl (C=O) groups excluding carboxylic acids is 1. The fourth-order valence-corrected chi connectivity index (χ4v) is 2.46. The van der Waals surface area contributed by atoms with E-state index in [0.717, 1.165) is 13.0 Å². The molecule has 0 aromatic heterocycles. The lowest BCUT2D eigenvalue weighted by molar-refractivity contribution is -0.0806. The largest absolute Gasteiger partial charge is 0.444 e. The highest BCUT2D eigenvalue weighted by Crippen LogP contribution is 2.40. The minimum Gasteiger partial charge on any atom is -0.444 e. The van der Waals surface area contributed by atoms with Crippen LogP contribution in [0.3, 0.4) is 0 Å². The standard InChI is InChI=1S/C12H21FN2O2/c1-11(2,3)17-10(16)15-7-12(8-15)4-5-14-6-9(12)13/h9,14H,4-8H2,1-3H3. The van der Waals surface area contributed by atoms with Crippen molar-refractivity contribution < 1.29 is 13.9 Å². The van der Waals surface area contributed by atoms with Crippen molar-refractivity contribution in [3.8, 4) is 0 Å². The molecule has 5 heteroatoms. The van der Waals surface area contributed by atoms with Crippen LogP contribution in [0.25, 0.3) is 0 Å². The summed E-state index contributed by atoms with van der Waals surface area (Å²) in [5.74, 6) is 0. The van der Waals surface area contributed by atoms with E-state index in [9.17, 15) is 9.18 Å². The highest BCUT2D eigenvalue weighted by molar-refractivity contribution is 5.69. The molecular weight excluding hydrogens is 223 g/mol. The van der Waals surface area contributed by atoms with E-state index in [1.807, 2.05) is 20.8 Å². The van der Waals surface area contributed by atoms with Gasteiger partial charge in [-0.2, -0.15) is 0 Å². The smallest absolute Gasteiger partial charge is 0.410 e. The number of amides is 1. The van der Waals surface area contributed by atoms with E-state index in [1.54, 1.807) is 4.90 Å². The van der Waals surface area contributed by atoms with Gasteiger partial charge >= 0.3 is 6.09 Å². The minimum atomic E-state index is -0.852. The molecule has 2 aliphatic heterocycles. The Balaban J connectivity index is 1.87. The zero-order chi connectivity index (χ0) is 12.7. The number of ether oxygens (including phenoxy) is 1. The molecule has 98 valence electrons. The molecule has 2 saturated heterocycles. The Hall–Kier alpha value is -0.840. The monoisotopic (exact) mass is 244 g/mol. The summed E-state index contributed by atoms with van der Waals surface area (Å²) in [4.78, 5) is 13.3. The van der Waals surface area contributed by atoms with Gasteiger partial charge in [0.25, 0.3) is 0 Å². The molecular formula is C12H21FN2O2. The van der Waals surface area contributed by atoms with Crippen LogP contribution in [0.2, 0.25) is 0 Å². The van der Waals surface area contributed by atoms with E-state index in [2.05, 4.69) is 5.32 Å². The lowest BCUT2D eigenvalue weighted by Gasteiger charge is -2.53. The van der Waals surface area contributed by atoms with Crippen LogP contribution in [-0.2, 0) is 4.74 Å². The van der Waals surface area contributed by atoms with Crippen molar-refractivity contribution >= 4 is 6.09 Å². The number of alkyl halides is 1. The number of hydrogen-bond donors (Lipinski definition) is 1. The number of nitrogens with one attached hydrogen (secondary N) is 1. The Morgan fingerprint density at radius 3 is 2.65 bits per heavy atom. The van der Waals surface area contributed by atoms with Gasteiger partial charge in [0.05, 0.1) is 0 Å². The number of rotatable bonds is 0. The van der Waals surface area contributed by atoms with E-state index < -0.39 is 11.8 Å². The third-order valence-corrected chi connectivity index (χ3v) is 3.45. The van der Waals surface area contributed by atoms with Crippen molar-refractivity contribution in [2.75, 3.05) is 26.2 Å². The van der Waals surface area contributed by atoms with E-state index in [-0.39, 0.29) is 11.5 Å². The van der Waals surface area contributed by atoms with Crippen molar-refractivity contribution in [1.82, 2.24) is 10.2 Å². The predicted molar refractivity (Wildman–Crippen MR) is 62.6 cm³/mol. The zero-order valence-corrected chi connectivity index (χ0v) is 10.8. The lowest BCUT2D eigenvalue weighted by Crippen LogP contribution is -2.67. The predicted octanol–water partition coefficient (Wildman–Crippen LogP) is 1.55. The van der Waals surface area contributed by atoms with Crippen LogP contribution in [0.4, 0.5) is 9.18 Å². The highest BCUT2D eigenvalue weighted by atomic mass is 19.1. The van der Waals surface area contributed by atoms with Gasteiger partial charge in [0.1, 0.15) is 11.8 Å². The average molecular weight is 244 g/mol. The summed E-state index contributed by atoms with van der Waals surface area (Å²) < 4.78 is 19.1. The van der Waals surface area contributed by atoms with Gasteiger partial charge in [-0.3, -0.25) is 0 Å². The maximum Gasteiger partial charge on any atom is 0.410 e. The second kappa shape index (κ2) is 4.12. The maximum atomic E-state index is 13.8. The summed E-state index contributed by atoms with van der Waals surface area (Å²) in [5, 5.41) is 3.03. The molecule has 1 N–H and O–H groups in total. The molecule has 2 fully saturated rings. The molecule has 0 aromatic carbocycles. The Morgan fingerprint density at radius 2 is 2.12 bits per heavy atom. The molecule has 0 aliphatic carbocycles. The van der Waals surface area contributed by atoms with Gasteiger partial charge in [0.15, 0.2) is 0 Å². The van der Waals surface area contributed by atoms with Crippen LogP contribution < -0.4 is 5.32 Å². The molecule has 2 rings (SSSR count). The van der Waals surface area contributed by atoms with Crippen LogP contribution in [0.15, 0.2) is 0 Å². The van der Waals surface area contributed by atoms with Crippen LogP contribution in [0.5, 0.6) is 0 Å². The summed E-state index contributed by atoms with van der Waals surface area (Å²) >= 11 is 0. The van der Waals surface area contributed by atoms with Gasteiger partial charge in [0.2, 0.25) is 0 Å². The molecule has 0 bridgehead atoms. The lowest BCUT2D eigenvalue weighted by atomic mass is 9.71. The van der Waals surface area contributed by atoms with Crippen molar-refractivity contribution in [2.24, 2.45) is 5.41 Å². The van der Waals surface area contributed by atoms with Gasteiger partial charge in [-0.15, -0.1) is 0 Å². The van der Waals surface area contributed by atoms with Crippen LogP contribution in [0.1, 0.15) is 27.2 Å². The van der Waals surface area contributed by atoms with E-state index in [4.69, 9.17) is 4.74 Å². The molecule has 4 nitrogen and oxygen atoms in total. The number of likely N-dealkylation sites (tertiary alicyclic amines) is 1. The number of nitrogens with zero attached hydrogens (tertiary/aromatic N) is 1. The summed E-state index contributed by atoms with van der Waals surface area (Å²) in [6.07, 6.45) is -0.378. The summed E-state index contributed by atoms with van der Waals surface area (Å²) in [5.41, 5.74) is -0.800.